The van der Waals surface area contributed by atoms with Gasteiger partial charge in [0.1, 0.15) is 0 Å². The van der Waals surface area contributed by atoms with Crippen molar-refractivity contribution in [1.82, 2.24) is 10.6 Å². The highest BCUT2D eigenvalue weighted by Crippen LogP contribution is 2.31. The van der Waals surface area contributed by atoms with Gasteiger partial charge in [-0.1, -0.05) is 19.8 Å². The van der Waals surface area contributed by atoms with E-state index in [1.807, 2.05) is 0 Å². The Labute approximate surface area is 109 Å². The molecular formula is C13H26N2O3. The molecule has 0 aromatic rings. The van der Waals surface area contributed by atoms with E-state index in [-0.39, 0.29) is 12.5 Å². The van der Waals surface area contributed by atoms with Gasteiger partial charge in [0.15, 0.2) is 0 Å². The number of nitrogens with one attached hydrogen (secondary N) is 2. The molecule has 5 heteroatoms. The van der Waals surface area contributed by atoms with Gasteiger partial charge in [0.2, 0.25) is 5.91 Å². The van der Waals surface area contributed by atoms with Crippen molar-refractivity contribution in [2.75, 3.05) is 33.4 Å². The fourth-order valence-corrected chi connectivity index (χ4v) is 2.49. The number of methoxy groups -OCH3 is 1. The van der Waals surface area contributed by atoms with Gasteiger partial charge < -0.3 is 20.5 Å². The monoisotopic (exact) mass is 258 g/mol. The lowest BCUT2D eigenvalue weighted by Gasteiger charge is -2.35. The summed E-state index contributed by atoms with van der Waals surface area (Å²) in [5, 5.41) is 16.1. The van der Waals surface area contributed by atoms with Crippen LogP contribution in [-0.2, 0) is 9.53 Å². The summed E-state index contributed by atoms with van der Waals surface area (Å²) < 4.78 is 4.87. The van der Waals surface area contributed by atoms with Gasteiger partial charge in [0.25, 0.3) is 0 Å². The number of amides is 1. The van der Waals surface area contributed by atoms with Crippen molar-refractivity contribution >= 4 is 5.91 Å². The third-order valence-corrected chi connectivity index (χ3v) is 3.45. The van der Waals surface area contributed by atoms with E-state index in [2.05, 4.69) is 17.6 Å². The Balaban J connectivity index is 2.16. The van der Waals surface area contributed by atoms with Crippen molar-refractivity contribution < 1.29 is 14.6 Å². The average Bonchev–Trinajstić information content (AvgIpc) is 2.32. The summed E-state index contributed by atoms with van der Waals surface area (Å²) in [7, 11) is 1.63. The van der Waals surface area contributed by atoms with Gasteiger partial charge in [-0.2, -0.15) is 0 Å². The second-order valence-electron chi connectivity index (χ2n) is 5.37. The van der Waals surface area contributed by atoms with E-state index in [1.54, 1.807) is 7.11 Å². The standard InChI is InChI=1S/C13H26N2O3/c1-11-4-3-5-13(17,8-11)10-15-12(16)9-14-6-7-18-2/h11,14,17H,3-10H2,1-2H3,(H,15,16). The Kier molecular flexibility index (Phi) is 6.60. The molecule has 0 spiro atoms. The summed E-state index contributed by atoms with van der Waals surface area (Å²) in [5.41, 5.74) is -0.708. The summed E-state index contributed by atoms with van der Waals surface area (Å²) >= 11 is 0. The maximum Gasteiger partial charge on any atom is 0.234 e. The van der Waals surface area contributed by atoms with Crippen LogP contribution in [0, 0.1) is 5.92 Å². The molecule has 18 heavy (non-hydrogen) atoms. The second kappa shape index (κ2) is 7.71. The molecule has 3 N–H and O–H groups in total. The molecule has 0 heterocycles. The molecule has 106 valence electrons. The molecule has 0 radical (unpaired) electrons. The van der Waals surface area contributed by atoms with E-state index >= 15 is 0 Å². The minimum atomic E-state index is -0.708. The van der Waals surface area contributed by atoms with Crippen molar-refractivity contribution in [2.45, 2.75) is 38.2 Å². The molecule has 0 aromatic carbocycles. The van der Waals surface area contributed by atoms with Crippen LogP contribution in [0.4, 0.5) is 0 Å². The Bertz CT molecular complexity index is 261. The Morgan fingerprint density at radius 2 is 2.33 bits per heavy atom. The van der Waals surface area contributed by atoms with E-state index in [1.165, 1.54) is 6.42 Å². The van der Waals surface area contributed by atoms with Crippen molar-refractivity contribution in [1.29, 1.82) is 0 Å². The van der Waals surface area contributed by atoms with Gasteiger partial charge in [-0.05, 0) is 18.8 Å². The smallest absolute Gasteiger partial charge is 0.234 e. The van der Waals surface area contributed by atoms with Gasteiger partial charge in [0, 0.05) is 20.2 Å². The number of rotatable bonds is 7. The van der Waals surface area contributed by atoms with Crippen LogP contribution in [-0.4, -0.2) is 50.0 Å². The van der Waals surface area contributed by atoms with Crippen molar-refractivity contribution in [3.63, 3.8) is 0 Å². The van der Waals surface area contributed by atoms with Crippen LogP contribution in [0.2, 0.25) is 0 Å². The van der Waals surface area contributed by atoms with Gasteiger partial charge >= 0.3 is 0 Å². The summed E-state index contributed by atoms with van der Waals surface area (Å²) in [4.78, 5) is 11.5. The Hall–Kier alpha value is -0.650. The van der Waals surface area contributed by atoms with Crippen LogP contribution in [0.1, 0.15) is 32.6 Å². The molecule has 1 fully saturated rings. The van der Waals surface area contributed by atoms with Crippen LogP contribution in [0.25, 0.3) is 0 Å². The summed E-state index contributed by atoms with van der Waals surface area (Å²) in [6.07, 6.45) is 3.79. The Morgan fingerprint density at radius 1 is 1.56 bits per heavy atom. The Morgan fingerprint density at radius 3 is 3.00 bits per heavy atom. The molecule has 0 aromatic heterocycles. The van der Waals surface area contributed by atoms with Crippen molar-refractivity contribution in [3.05, 3.63) is 0 Å². The number of carbonyl (C=O) groups excluding carboxylic acids is 1. The molecule has 2 unspecified atom stereocenters. The van der Waals surface area contributed by atoms with E-state index in [9.17, 15) is 9.90 Å². The lowest BCUT2D eigenvalue weighted by Crippen LogP contribution is -2.47. The first-order valence-corrected chi connectivity index (χ1v) is 6.74. The first kappa shape index (κ1) is 15.4. The van der Waals surface area contributed by atoms with Crippen LogP contribution in [0.3, 0.4) is 0 Å². The van der Waals surface area contributed by atoms with E-state index in [0.717, 1.165) is 19.3 Å². The maximum absolute atomic E-state index is 11.5. The quantitative estimate of drug-likeness (QED) is 0.574. The third kappa shape index (κ3) is 5.80. The topological polar surface area (TPSA) is 70.6 Å². The molecule has 1 aliphatic carbocycles. The molecule has 0 saturated heterocycles. The normalized spacial score (nSPS) is 28.1. The van der Waals surface area contributed by atoms with E-state index in [4.69, 9.17) is 4.74 Å². The van der Waals surface area contributed by atoms with Crippen LogP contribution >= 0.6 is 0 Å². The highest BCUT2D eigenvalue weighted by Gasteiger charge is 2.32. The van der Waals surface area contributed by atoms with Crippen molar-refractivity contribution in [2.24, 2.45) is 5.92 Å². The number of hydrogen-bond donors (Lipinski definition) is 3. The van der Waals surface area contributed by atoms with Gasteiger partial charge in [-0.25, -0.2) is 0 Å². The van der Waals surface area contributed by atoms with E-state index in [0.29, 0.717) is 25.6 Å². The minimum absolute atomic E-state index is 0.0715. The highest BCUT2D eigenvalue weighted by molar-refractivity contribution is 5.78. The van der Waals surface area contributed by atoms with Gasteiger partial charge in [-0.15, -0.1) is 0 Å². The fraction of sp³-hybridized carbons (Fsp3) is 0.923. The maximum atomic E-state index is 11.5. The largest absolute Gasteiger partial charge is 0.388 e. The minimum Gasteiger partial charge on any atom is -0.388 e. The SMILES string of the molecule is COCCNCC(=O)NCC1(O)CCCC(C)C1. The summed E-state index contributed by atoms with van der Waals surface area (Å²) in [6, 6.07) is 0. The third-order valence-electron chi connectivity index (χ3n) is 3.45. The molecule has 0 aliphatic heterocycles. The zero-order valence-electron chi connectivity index (χ0n) is 11.5. The molecule has 1 saturated carbocycles. The fourth-order valence-electron chi connectivity index (χ4n) is 2.49. The molecule has 0 bridgehead atoms. The van der Waals surface area contributed by atoms with E-state index < -0.39 is 5.60 Å². The zero-order valence-corrected chi connectivity index (χ0v) is 11.5. The molecular weight excluding hydrogens is 232 g/mol. The number of aliphatic hydroxyl groups is 1. The highest BCUT2D eigenvalue weighted by atomic mass is 16.5. The number of hydrogen-bond acceptors (Lipinski definition) is 4. The lowest BCUT2D eigenvalue weighted by molar-refractivity contribution is -0.122. The van der Waals surface area contributed by atoms with Gasteiger partial charge in [-0.3, -0.25) is 4.79 Å². The zero-order chi connectivity index (χ0) is 13.4. The van der Waals surface area contributed by atoms with Crippen LogP contribution in [0.5, 0.6) is 0 Å². The first-order chi connectivity index (χ1) is 8.56. The van der Waals surface area contributed by atoms with Crippen LogP contribution < -0.4 is 10.6 Å². The number of ether oxygens (including phenoxy) is 1. The van der Waals surface area contributed by atoms with Gasteiger partial charge in [0.05, 0.1) is 18.8 Å². The average molecular weight is 258 g/mol. The second-order valence-corrected chi connectivity index (χ2v) is 5.37. The first-order valence-electron chi connectivity index (χ1n) is 6.74. The van der Waals surface area contributed by atoms with Crippen molar-refractivity contribution in [3.8, 4) is 0 Å². The summed E-state index contributed by atoms with van der Waals surface area (Å²) in [5.74, 6) is 0.471. The number of carbonyl (C=O) groups is 1. The molecule has 1 aliphatic rings. The predicted molar refractivity (Wildman–Crippen MR) is 70.3 cm³/mol. The van der Waals surface area contributed by atoms with Crippen LogP contribution in [0.15, 0.2) is 0 Å². The molecule has 2 atom stereocenters. The summed E-state index contributed by atoms with van der Waals surface area (Å²) in [6.45, 7) is 4.04. The predicted octanol–water partition coefficient (Wildman–Crippen LogP) is 0.280. The lowest BCUT2D eigenvalue weighted by atomic mass is 9.79. The molecule has 1 amide bonds. The molecule has 1 rings (SSSR count). The molecule has 5 nitrogen and oxygen atoms in total.